The number of hydrogen-bond acceptors (Lipinski definition) is 3. The lowest BCUT2D eigenvalue weighted by molar-refractivity contribution is 0.380. The van der Waals surface area contributed by atoms with Crippen molar-refractivity contribution in [3.63, 3.8) is 0 Å². The summed E-state index contributed by atoms with van der Waals surface area (Å²) in [5.41, 5.74) is 0. The number of hydrogen-bond donors (Lipinski definition) is 0. The molecule has 0 saturated carbocycles. The molecule has 0 N–H and O–H groups in total. The van der Waals surface area contributed by atoms with Gasteiger partial charge in [0.1, 0.15) is 0 Å². The van der Waals surface area contributed by atoms with Gasteiger partial charge in [0.2, 0.25) is 0 Å². The fraction of sp³-hybridized carbons (Fsp3) is 0.316. The average molecular weight is 369 g/mol. The normalized spacial score (nSPS) is 11.4. The molecule has 0 rings (SSSR count). The van der Waals surface area contributed by atoms with Crippen LogP contribution in [0.15, 0.2) is 75.9 Å². The second-order valence-electron chi connectivity index (χ2n) is 5.16. The minimum atomic E-state index is -3.34. The Balaban J connectivity index is 6.75. The van der Waals surface area contributed by atoms with E-state index >= 15 is 0 Å². The van der Waals surface area contributed by atoms with Crippen LogP contribution in [0.5, 0.6) is 0 Å². The highest BCUT2D eigenvalue weighted by Gasteiger charge is 2.41. The molecule has 0 aromatic heterocycles. The van der Waals surface area contributed by atoms with Crippen molar-refractivity contribution in [3.8, 4) is 0 Å². The molecule has 0 saturated heterocycles. The van der Waals surface area contributed by atoms with Crippen LogP contribution in [0.25, 0.3) is 0 Å². The van der Waals surface area contributed by atoms with Crippen molar-refractivity contribution in [1.82, 2.24) is 14.0 Å². The van der Waals surface area contributed by atoms with Crippen molar-refractivity contribution in [1.29, 1.82) is 0 Å². The zero-order chi connectivity index (χ0) is 19.3. The first-order valence-corrected chi connectivity index (χ1v) is 9.65. The quantitative estimate of drug-likeness (QED) is 0.303. The van der Waals surface area contributed by atoms with E-state index < -0.39 is 13.1 Å². The minimum Gasteiger partial charge on any atom is -0.248 e. The van der Waals surface area contributed by atoms with Gasteiger partial charge < -0.3 is 0 Å². The van der Waals surface area contributed by atoms with E-state index in [1.54, 1.807) is 50.5 Å². The second-order valence-corrected chi connectivity index (χ2v) is 8.33. The molecule has 0 bridgehead atoms. The van der Waals surface area contributed by atoms with E-state index in [0.717, 1.165) is 0 Å². The number of nitrogens with zero attached hydrogens (tertiary/aromatic N) is 3. The average Bonchev–Trinajstić information content (AvgIpc) is 2.56. The Bertz CT molecular complexity index is 442. The SMILES string of the molecule is C=CCN(CC=C)P(=C(F)F)(N(CC=C)CC=C)N(CC=C)CC=C. The van der Waals surface area contributed by atoms with Crippen LogP contribution in [0.4, 0.5) is 8.78 Å². The standard InChI is InChI=1S/C19H30F2N3P/c1-7-13-22(14-8-2)25(19(20)21,23(15-9-3)16-10-4)24(17-11-5)18-12-6/h7-12H,1-6,13-18H2. The summed E-state index contributed by atoms with van der Waals surface area (Å²) in [7, 11) is -3.34. The van der Waals surface area contributed by atoms with Gasteiger partial charge in [-0.25, -0.2) is 14.0 Å². The van der Waals surface area contributed by atoms with Crippen LogP contribution in [-0.4, -0.2) is 59.1 Å². The van der Waals surface area contributed by atoms with Gasteiger partial charge in [0, 0.05) is 39.3 Å². The van der Waals surface area contributed by atoms with Crippen LogP contribution in [0.3, 0.4) is 0 Å². The van der Waals surface area contributed by atoms with Crippen LogP contribution in [0.2, 0.25) is 0 Å². The maximum Gasteiger partial charge on any atom is 0.306 e. The van der Waals surface area contributed by atoms with Crippen LogP contribution < -0.4 is 0 Å². The second kappa shape index (κ2) is 12.8. The summed E-state index contributed by atoms with van der Waals surface area (Å²) in [5.74, 6) is -1.64. The Labute approximate surface area is 151 Å². The van der Waals surface area contributed by atoms with Gasteiger partial charge in [-0.1, -0.05) is 36.5 Å². The first kappa shape index (κ1) is 23.5. The van der Waals surface area contributed by atoms with Crippen LogP contribution in [0.1, 0.15) is 0 Å². The lowest BCUT2D eigenvalue weighted by Gasteiger charge is -2.48. The Hall–Kier alpha value is -1.52. The van der Waals surface area contributed by atoms with E-state index in [9.17, 15) is 8.78 Å². The van der Waals surface area contributed by atoms with Crippen molar-refractivity contribution >= 4 is 13.1 Å². The van der Waals surface area contributed by atoms with Gasteiger partial charge in [-0.15, -0.1) is 39.5 Å². The Morgan fingerprint density at radius 1 is 0.560 bits per heavy atom. The first-order valence-electron chi connectivity index (χ1n) is 8.00. The smallest absolute Gasteiger partial charge is 0.248 e. The minimum absolute atomic E-state index is 0.298. The van der Waals surface area contributed by atoms with Crippen LogP contribution in [0, 0.1) is 0 Å². The third-order valence-electron chi connectivity index (χ3n) is 3.45. The lowest BCUT2D eigenvalue weighted by Crippen LogP contribution is -2.43. The summed E-state index contributed by atoms with van der Waals surface area (Å²) in [6, 6.07) is 0. The Morgan fingerprint density at radius 3 is 0.880 bits per heavy atom. The molecule has 0 aliphatic rings. The van der Waals surface area contributed by atoms with Gasteiger partial charge in [0.25, 0.3) is 0 Å². The summed E-state index contributed by atoms with van der Waals surface area (Å²) in [6.45, 7) is 24.2. The maximum atomic E-state index is 14.7. The molecular formula is C19H30F2N3P. The summed E-state index contributed by atoms with van der Waals surface area (Å²) in [4.78, 5) is 0. The van der Waals surface area contributed by atoms with E-state index in [-0.39, 0.29) is 0 Å². The molecule has 140 valence electrons. The van der Waals surface area contributed by atoms with E-state index in [4.69, 9.17) is 0 Å². The Morgan fingerprint density at radius 2 is 0.760 bits per heavy atom. The zero-order valence-electron chi connectivity index (χ0n) is 15.0. The number of halogens is 2. The molecule has 25 heavy (non-hydrogen) atoms. The summed E-state index contributed by atoms with van der Waals surface area (Å²) in [5, 5.41) is 0. The molecule has 0 aromatic carbocycles. The van der Waals surface area contributed by atoms with Gasteiger partial charge in [-0.2, -0.15) is 8.78 Å². The van der Waals surface area contributed by atoms with Gasteiger partial charge in [0.15, 0.2) is 7.34 Å². The van der Waals surface area contributed by atoms with Crippen molar-refractivity contribution in [2.45, 2.75) is 0 Å². The topological polar surface area (TPSA) is 9.72 Å². The van der Waals surface area contributed by atoms with E-state index in [2.05, 4.69) is 39.5 Å². The van der Waals surface area contributed by atoms with E-state index in [1.165, 1.54) is 0 Å². The third-order valence-corrected chi connectivity index (χ3v) is 7.25. The third kappa shape index (κ3) is 5.75. The van der Waals surface area contributed by atoms with Crippen LogP contribution in [-0.2, 0) is 0 Å². The fourth-order valence-electron chi connectivity index (χ4n) is 2.66. The van der Waals surface area contributed by atoms with Gasteiger partial charge in [-0.3, -0.25) is 0 Å². The van der Waals surface area contributed by atoms with Crippen molar-refractivity contribution < 1.29 is 8.78 Å². The molecular weight excluding hydrogens is 339 g/mol. The predicted octanol–water partition coefficient (Wildman–Crippen LogP) is 4.80. The first-order chi connectivity index (χ1) is 12.0. The maximum absolute atomic E-state index is 14.7. The summed E-state index contributed by atoms with van der Waals surface area (Å²) >= 11 is 0. The molecule has 6 heteroatoms. The summed E-state index contributed by atoms with van der Waals surface area (Å²) in [6.07, 6.45) is 9.76. The van der Waals surface area contributed by atoms with Gasteiger partial charge in [0.05, 0.1) is 0 Å². The van der Waals surface area contributed by atoms with Crippen molar-refractivity contribution in [3.05, 3.63) is 75.9 Å². The molecule has 0 heterocycles. The monoisotopic (exact) mass is 369 g/mol. The van der Waals surface area contributed by atoms with Gasteiger partial charge >= 0.3 is 5.80 Å². The molecule has 0 amide bonds. The van der Waals surface area contributed by atoms with Crippen molar-refractivity contribution in [2.24, 2.45) is 0 Å². The summed E-state index contributed by atoms with van der Waals surface area (Å²) < 4.78 is 34.5. The highest BCUT2D eigenvalue weighted by molar-refractivity contribution is 7.69. The molecule has 0 aromatic rings. The predicted molar refractivity (Wildman–Crippen MR) is 110 cm³/mol. The molecule has 0 radical (unpaired) electrons. The van der Waals surface area contributed by atoms with E-state index in [0.29, 0.717) is 39.3 Å². The van der Waals surface area contributed by atoms with Gasteiger partial charge in [-0.05, 0) is 0 Å². The molecule has 3 nitrogen and oxygen atoms in total. The van der Waals surface area contributed by atoms with Crippen LogP contribution >= 0.6 is 7.34 Å². The molecule has 0 spiro atoms. The fourth-order valence-corrected chi connectivity index (χ4v) is 6.43. The zero-order valence-corrected chi connectivity index (χ0v) is 15.9. The number of rotatable bonds is 15. The molecule has 0 aliphatic heterocycles. The highest BCUT2D eigenvalue weighted by atomic mass is 31.2. The van der Waals surface area contributed by atoms with Crippen molar-refractivity contribution in [2.75, 3.05) is 39.3 Å². The molecule has 0 unspecified atom stereocenters. The highest BCUT2D eigenvalue weighted by Crippen LogP contribution is 2.59. The Kier molecular flexibility index (Phi) is 12.0. The lowest BCUT2D eigenvalue weighted by atomic mass is 10.5. The molecule has 0 atom stereocenters. The molecule has 0 aliphatic carbocycles. The largest absolute Gasteiger partial charge is 0.306 e. The van der Waals surface area contributed by atoms with E-state index in [1.807, 2.05) is 0 Å². The molecule has 0 fully saturated rings.